The fraction of sp³-hybridized carbons (Fsp3) is 0.556. The molecule has 142 valence electrons. The zero-order valence-corrected chi connectivity index (χ0v) is 14.8. The first-order valence-electron chi connectivity index (χ1n) is 9.01. The van der Waals surface area contributed by atoms with Crippen LogP contribution >= 0.6 is 0 Å². The first-order valence-corrected chi connectivity index (χ1v) is 9.01. The molecule has 0 saturated carbocycles. The molecule has 0 aromatic heterocycles. The van der Waals surface area contributed by atoms with Crippen LogP contribution < -0.4 is 10.2 Å². The molecule has 0 radical (unpaired) electrons. The maximum absolute atomic E-state index is 13.0. The number of piperazine rings is 1. The zero-order chi connectivity index (χ0) is 18.4. The molecular formula is C18H25FN4O3. The molecule has 26 heavy (non-hydrogen) atoms. The number of hydrogen-bond acceptors (Lipinski definition) is 5. The van der Waals surface area contributed by atoms with Gasteiger partial charge in [0.25, 0.3) is 0 Å². The van der Waals surface area contributed by atoms with E-state index in [1.54, 1.807) is 17.0 Å². The molecule has 0 unspecified atom stereocenters. The van der Waals surface area contributed by atoms with Gasteiger partial charge in [0, 0.05) is 58.0 Å². The van der Waals surface area contributed by atoms with Crippen molar-refractivity contribution in [3.63, 3.8) is 0 Å². The van der Waals surface area contributed by atoms with E-state index in [0.29, 0.717) is 45.9 Å². The summed E-state index contributed by atoms with van der Waals surface area (Å²) in [7, 11) is 0. The van der Waals surface area contributed by atoms with Gasteiger partial charge >= 0.3 is 11.8 Å². The van der Waals surface area contributed by atoms with Gasteiger partial charge < -0.3 is 19.9 Å². The van der Waals surface area contributed by atoms with E-state index in [1.807, 2.05) is 0 Å². The number of ether oxygens (including phenoxy) is 1. The van der Waals surface area contributed by atoms with E-state index in [1.165, 1.54) is 12.1 Å². The number of morpholine rings is 1. The van der Waals surface area contributed by atoms with Crippen LogP contribution in [0.4, 0.5) is 10.1 Å². The highest BCUT2D eigenvalue weighted by atomic mass is 19.1. The van der Waals surface area contributed by atoms with Gasteiger partial charge in [-0.05, 0) is 24.3 Å². The minimum atomic E-state index is -0.548. The Morgan fingerprint density at radius 1 is 1.00 bits per heavy atom. The predicted molar refractivity (Wildman–Crippen MR) is 95.5 cm³/mol. The van der Waals surface area contributed by atoms with Crippen molar-refractivity contribution in [2.75, 3.05) is 70.5 Å². The largest absolute Gasteiger partial charge is 0.379 e. The fourth-order valence-electron chi connectivity index (χ4n) is 3.19. The summed E-state index contributed by atoms with van der Waals surface area (Å²) in [6, 6.07) is 6.31. The van der Waals surface area contributed by atoms with Gasteiger partial charge in [-0.1, -0.05) is 0 Å². The van der Waals surface area contributed by atoms with Gasteiger partial charge in [-0.3, -0.25) is 14.5 Å². The third-order valence-corrected chi connectivity index (χ3v) is 4.77. The van der Waals surface area contributed by atoms with E-state index < -0.39 is 11.8 Å². The second kappa shape index (κ2) is 8.95. The van der Waals surface area contributed by atoms with Crippen molar-refractivity contribution in [2.45, 2.75) is 0 Å². The van der Waals surface area contributed by atoms with Crippen molar-refractivity contribution in [1.82, 2.24) is 15.1 Å². The average molecular weight is 364 g/mol. The van der Waals surface area contributed by atoms with Crippen LogP contribution in [0.3, 0.4) is 0 Å². The SMILES string of the molecule is O=C(NCCN1CCOCC1)C(=O)N1CCN(c2ccc(F)cc2)CC1. The lowest BCUT2D eigenvalue weighted by molar-refractivity contribution is -0.146. The van der Waals surface area contributed by atoms with Crippen molar-refractivity contribution < 1.29 is 18.7 Å². The highest BCUT2D eigenvalue weighted by Crippen LogP contribution is 2.16. The number of nitrogens with one attached hydrogen (secondary N) is 1. The molecule has 1 aromatic carbocycles. The molecule has 0 spiro atoms. The third-order valence-electron chi connectivity index (χ3n) is 4.77. The first kappa shape index (κ1) is 18.6. The minimum absolute atomic E-state index is 0.267. The minimum Gasteiger partial charge on any atom is -0.379 e. The van der Waals surface area contributed by atoms with Gasteiger partial charge in [-0.2, -0.15) is 0 Å². The molecule has 2 amide bonds. The van der Waals surface area contributed by atoms with Crippen molar-refractivity contribution in [1.29, 1.82) is 0 Å². The van der Waals surface area contributed by atoms with E-state index in [2.05, 4.69) is 15.1 Å². The maximum atomic E-state index is 13.0. The van der Waals surface area contributed by atoms with Crippen LogP contribution in [0.5, 0.6) is 0 Å². The maximum Gasteiger partial charge on any atom is 0.312 e. The van der Waals surface area contributed by atoms with Crippen LogP contribution in [-0.4, -0.2) is 87.2 Å². The van der Waals surface area contributed by atoms with Crippen molar-refractivity contribution in [3.8, 4) is 0 Å². The van der Waals surface area contributed by atoms with Crippen molar-refractivity contribution >= 4 is 17.5 Å². The topological polar surface area (TPSA) is 65.1 Å². The quantitative estimate of drug-likeness (QED) is 0.758. The summed E-state index contributed by atoms with van der Waals surface area (Å²) in [6.45, 7) is 6.53. The summed E-state index contributed by atoms with van der Waals surface area (Å²) < 4.78 is 18.3. The van der Waals surface area contributed by atoms with Crippen LogP contribution in [0.2, 0.25) is 0 Å². The van der Waals surface area contributed by atoms with E-state index in [0.717, 1.165) is 25.3 Å². The Labute approximate surface area is 152 Å². The van der Waals surface area contributed by atoms with Crippen LogP contribution in [0.1, 0.15) is 0 Å². The van der Waals surface area contributed by atoms with Crippen molar-refractivity contribution in [2.24, 2.45) is 0 Å². The van der Waals surface area contributed by atoms with Gasteiger partial charge in [-0.25, -0.2) is 4.39 Å². The molecule has 1 aromatic rings. The standard InChI is InChI=1S/C18H25FN4O3/c19-15-1-3-16(4-2-15)22-7-9-23(10-8-22)18(25)17(24)20-5-6-21-11-13-26-14-12-21/h1-4H,5-14H2,(H,20,24). The molecule has 1 N–H and O–H groups in total. The monoisotopic (exact) mass is 364 g/mol. The van der Waals surface area contributed by atoms with E-state index in [-0.39, 0.29) is 5.82 Å². The average Bonchev–Trinajstić information content (AvgIpc) is 2.69. The Balaban J connectivity index is 1.39. The molecule has 2 heterocycles. The van der Waals surface area contributed by atoms with Crippen LogP contribution in [0.25, 0.3) is 0 Å². The van der Waals surface area contributed by atoms with Gasteiger partial charge in [0.15, 0.2) is 0 Å². The Kier molecular flexibility index (Phi) is 6.40. The number of amides is 2. The van der Waals surface area contributed by atoms with Gasteiger partial charge in [-0.15, -0.1) is 0 Å². The molecule has 0 aliphatic carbocycles. The number of nitrogens with zero attached hydrogens (tertiary/aromatic N) is 3. The number of rotatable bonds is 4. The number of carbonyl (C=O) groups is 2. The molecule has 7 nitrogen and oxygen atoms in total. The highest BCUT2D eigenvalue weighted by molar-refractivity contribution is 6.35. The predicted octanol–water partition coefficient (Wildman–Crippen LogP) is -0.0773. The number of benzene rings is 1. The molecule has 3 rings (SSSR count). The lowest BCUT2D eigenvalue weighted by atomic mass is 10.2. The third kappa shape index (κ3) is 4.92. The lowest BCUT2D eigenvalue weighted by Crippen LogP contribution is -2.53. The summed E-state index contributed by atoms with van der Waals surface area (Å²) in [5, 5.41) is 2.71. The second-order valence-electron chi connectivity index (χ2n) is 6.47. The summed E-state index contributed by atoms with van der Waals surface area (Å²) in [5.41, 5.74) is 0.925. The Morgan fingerprint density at radius 3 is 2.31 bits per heavy atom. The number of halogens is 1. The summed E-state index contributed by atoms with van der Waals surface area (Å²) >= 11 is 0. The summed E-state index contributed by atoms with van der Waals surface area (Å²) in [6.07, 6.45) is 0. The number of carbonyl (C=O) groups excluding carboxylic acids is 2. The van der Waals surface area contributed by atoms with Crippen LogP contribution in [0, 0.1) is 5.82 Å². The van der Waals surface area contributed by atoms with Crippen molar-refractivity contribution in [3.05, 3.63) is 30.1 Å². The normalized spacial score (nSPS) is 18.7. The molecular weight excluding hydrogens is 339 g/mol. The first-order chi connectivity index (χ1) is 12.6. The fourth-order valence-corrected chi connectivity index (χ4v) is 3.19. The molecule has 0 bridgehead atoms. The molecule has 2 aliphatic heterocycles. The second-order valence-corrected chi connectivity index (χ2v) is 6.47. The van der Waals surface area contributed by atoms with Gasteiger partial charge in [0.2, 0.25) is 0 Å². The Morgan fingerprint density at radius 2 is 1.65 bits per heavy atom. The molecule has 2 fully saturated rings. The lowest BCUT2D eigenvalue weighted by Gasteiger charge is -2.35. The molecule has 2 saturated heterocycles. The summed E-state index contributed by atoms with van der Waals surface area (Å²) in [4.78, 5) is 30.2. The molecule has 2 aliphatic rings. The van der Waals surface area contributed by atoms with E-state index >= 15 is 0 Å². The number of hydrogen-bond donors (Lipinski definition) is 1. The zero-order valence-electron chi connectivity index (χ0n) is 14.8. The molecule has 0 atom stereocenters. The summed E-state index contributed by atoms with van der Waals surface area (Å²) in [5.74, 6) is -1.30. The Hall–Kier alpha value is -2.19. The molecule has 8 heteroatoms. The van der Waals surface area contributed by atoms with Crippen LogP contribution in [0.15, 0.2) is 24.3 Å². The van der Waals surface area contributed by atoms with Gasteiger partial charge in [0.05, 0.1) is 13.2 Å². The van der Waals surface area contributed by atoms with E-state index in [4.69, 9.17) is 4.74 Å². The van der Waals surface area contributed by atoms with Crippen LogP contribution in [-0.2, 0) is 14.3 Å². The number of anilines is 1. The smallest absolute Gasteiger partial charge is 0.312 e. The van der Waals surface area contributed by atoms with Gasteiger partial charge in [0.1, 0.15) is 5.82 Å². The Bertz CT molecular complexity index is 611. The highest BCUT2D eigenvalue weighted by Gasteiger charge is 2.26. The van der Waals surface area contributed by atoms with E-state index in [9.17, 15) is 14.0 Å².